The van der Waals surface area contributed by atoms with Crippen molar-refractivity contribution >= 4 is 11.7 Å². The third-order valence-electron chi connectivity index (χ3n) is 2.93. The lowest BCUT2D eigenvalue weighted by molar-refractivity contribution is 0.0692. The zero-order chi connectivity index (χ0) is 14.7. The van der Waals surface area contributed by atoms with Crippen molar-refractivity contribution in [3.05, 3.63) is 65.2 Å². The van der Waals surface area contributed by atoms with E-state index in [4.69, 9.17) is 5.11 Å². The highest BCUT2D eigenvalue weighted by Gasteiger charge is 2.12. The SMILES string of the molecule is CC(Nc1ccc(C(=O)O)c(F)c1)c1cccc(F)c1. The smallest absolute Gasteiger partial charge is 0.338 e. The van der Waals surface area contributed by atoms with E-state index in [0.29, 0.717) is 11.3 Å². The first-order chi connectivity index (χ1) is 9.47. The number of benzene rings is 2. The Morgan fingerprint density at radius 2 is 1.95 bits per heavy atom. The number of hydrogen-bond donors (Lipinski definition) is 2. The molecule has 1 atom stereocenters. The minimum absolute atomic E-state index is 0.235. The molecule has 2 rings (SSSR count). The van der Waals surface area contributed by atoms with Crippen LogP contribution in [0, 0.1) is 11.6 Å². The summed E-state index contributed by atoms with van der Waals surface area (Å²) < 4.78 is 26.7. The molecule has 2 N–H and O–H groups in total. The summed E-state index contributed by atoms with van der Waals surface area (Å²) in [5.74, 6) is -2.47. The van der Waals surface area contributed by atoms with Crippen LogP contribution < -0.4 is 5.32 Å². The van der Waals surface area contributed by atoms with Gasteiger partial charge < -0.3 is 10.4 Å². The zero-order valence-corrected chi connectivity index (χ0v) is 10.7. The van der Waals surface area contributed by atoms with Crippen molar-refractivity contribution < 1.29 is 18.7 Å². The zero-order valence-electron chi connectivity index (χ0n) is 10.7. The van der Waals surface area contributed by atoms with E-state index in [1.165, 1.54) is 24.3 Å². The molecule has 2 aromatic rings. The molecule has 0 bridgehead atoms. The summed E-state index contributed by atoms with van der Waals surface area (Å²) >= 11 is 0. The van der Waals surface area contributed by atoms with Crippen LogP contribution in [0.2, 0.25) is 0 Å². The maximum Gasteiger partial charge on any atom is 0.338 e. The lowest BCUT2D eigenvalue weighted by atomic mass is 10.1. The number of aromatic carboxylic acids is 1. The molecule has 0 aliphatic heterocycles. The second kappa shape index (κ2) is 5.69. The fraction of sp³-hybridized carbons (Fsp3) is 0.133. The van der Waals surface area contributed by atoms with Crippen LogP contribution in [0.4, 0.5) is 14.5 Å². The van der Waals surface area contributed by atoms with Gasteiger partial charge in [0.25, 0.3) is 0 Å². The monoisotopic (exact) mass is 277 g/mol. The van der Waals surface area contributed by atoms with Gasteiger partial charge in [-0.2, -0.15) is 0 Å². The molecule has 0 aromatic heterocycles. The summed E-state index contributed by atoms with van der Waals surface area (Å²) in [6, 6.07) is 9.62. The number of anilines is 1. The van der Waals surface area contributed by atoms with Crippen LogP contribution in [0.15, 0.2) is 42.5 Å². The molecule has 3 nitrogen and oxygen atoms in total. The van der Waals surface area contributed by atoms with E-state index >= 15 is 0 Å². The number of carbonyl (C=O) groups is 1. The Labute approximate surface area is 114 Å². The molecule has 20 heavy (non-hydrogen) atoms. The maximum absolute atomic E-state index is 13.5. The highest BCUT2D eigenvalue weighted by atomic mass is 19.1. The van der Waals surface area contributed by atoms with Crippen LogP contribution in [-0.2, 0) is 0 Å². The van der Waals surface area contributed by atoms with Gasteiger partial charge in [-0.1, -0.05) is 12.1 Å². The average Bonchev–Trinajstić information content (AvgIpc) is 2.38. The van der Waals surface area contributed by atoms with Gasteiger partial charge in [-0.05, 0) is 42.8 Å². The second-order valence-corrected chi connectivity index (χ2v) is 4.42. The van der Waals surface area contributed by atoms with Gasteiger partial charge >= 0.3 is 5.97 Å². The van der Waals surface area contributed by atoms with Crippen LogP contribution in [0.25, 0.3) is 0 Å². The highest BCUT2D eigenvalue weighted by Crippen LogP contribution is 2.21. The minimum Gasteiger partial charge on any atom is -0.478 e. The van der Waals surface area contributed by atoms with Gasteiger partial charge in [0.2, 0.25) is 0 Å². The molecule has 0 heterocycles. The molecular formula is C15H13F2NO2. The lowest BCUT2D eigenvalue weighted by Gasteiger charge is -2.16. The normalized spacial score (nSPS) is 11.9. The molecule has 1 unspecified atom stereocenters. The highest BCUT2D eigenvalue weighted by molar-refractivity contribution is 5.88. The Morgan fingerprint density at radius 1 is 1.20 bits per heavy atom. The van der Waals surface area contributed by atoms with E-state index in [1.807, 2.05) is 0 Å². The summed E-state index contributed by atoms with van der Waals surface area (Å²) in [4.78, 5) is 10.7. The van der Waals surface area contributed by atoms with E-state index in [1.54, 1.807) is 19.1 Å². The van der Waals surface area contributed by atoms with Gasteiger partial charge in [0.15, 0.2) is 0 Å². The molecule has 0 saturated carbocycles. The minimum atomic E-state index is -1.31. The summed E-state index contributed by atoms with van der Waals surface area (Å²) in [6.07, 6.45) is 0. The quantitative estimate of drug-likeness (QED) is 0.892. The molecule has 0 aliphatic carbocycles. The van der Waals surface area contributed by atoms with Gasteiger partial charge in [0.1, 0.15) is 11.6 Å². The molecular weight excluding hydrogens is 264 g/mol. The Morgan fingerprint density at radius 3 is 2.55 bits per heavy atom. The van der Waals surface area contributed by atoms with Gasteiger partial charge in [-0.3, -0.25) is 0 Å². The first-order valence-electron chi connectivity index (χ1n) is 6.02. The van der Waals surface area contributed by atoms with Gasteiger partial charge in [0, 0.05) is 11.7 Å². The van der Waals surface area contributed by atoms with E-state index in [2.05, 4.69) is 5.32 Å². The first-order valence-corrected chi connectivity index (χ1v) is 6.02. The van der Waals surface area contributed by atoms with Crippen molar-refractivity contribution in [1.82, 2.24) is 0 Å². The number of carboxylic acid groups (broad SMARTS) is 1. The fourth-order valence-electron chi connectivity index (χ4n) is 1.89. The molecule has 5 heteroatoms. The first kappa shape index (κ1) is 14.0. The van der Waals surface area contributed by atoms with Crippen LogP contribution in [0.1, 0.15) is 28.9 Å². The average molecular weight is 277 g/mol. The predicted molar refractivity (Wildman–Crippen MR) is 71.8 cm³/mol. The van der Waals surface area contributed by atoms with Gasteiger partial charge in [0.05, 0.1) is 5.56 Å². The molecule has 0 fully saturated rings. The van der Waals surface area contributed by atoms with Crippen molar-refractivity contribution in [2.75, 3.05) is 5.32 Å². The third-order valence-corrected chi connectivity index (χ3v) is 2.93. The van der Waals surface area contributed by atoms with Crippen LogP contribution in [0.5, 0.6) is 0 Å². The van der Waals surface area contributed by atoms with Gasteiger partial charge in [-0.25, -0.2) is 13.6 Å². The molecule has 0 spiro atoms. The van der Waals surface area contributed by atoms with Crippen LogP contribution >= 0.6 is 0 Å². The Kier molecular flexibility index (Phi) is 3.98. The predicted octanol–water partition coefficient (Wildman–Crippen LogP) is 3.84. The number of rotatable bonds is 4. The molecule has 0 amide bonds. The number of nitrogens with one attached hydrogen (secondary N) is 1. The summed E-state index contributed by atoms with van der Waals surface area (Å²) in [5.41, 5.74) is 0.769. The van der Waals surface area contributed by atoms with Crippen molar-refractivity contribution in [1.29, 1.82) is 0 Å². The van der Waals surface area contributed by atoms with Crippen molar-refractivity contribution in [2.24, 2.45) is 0 Å². The summed E-state index contributed by atoms with van der Waals surface area (Å²) in [6.45, 7) is 1.80. The number of hydrogen-bond acceptors (Lipinski definition) is 2. The van der Waals surface area contributed by atoms with Crippen molar-refractivity contribution in [3.8, 4) is 0 Å². The Balaban J connectivity index is 2.18. The molecule has 0 saturated heterocycles. The Hall–Kier alpha value is -2.43. The number of carboxylic acids is 1. The second-order valence-electron chi connectivity index (χ2n) is 4.42. The fourth-order valence-corrected chi connectivity index (χ4v) is 1.89. The third kappa shape index (κ3) is 3.12. The molecule has 104 valence electrons. The Bertz CT molecular complexity index is 644. The van der Waals surface area contributed by atoms with Gasteiger partial charge in [-0.15, -0.1) is 0 Å². The molecule has 2 aromatic carbocycles. The standard InChI is InChI=1S/C15H13F2NO2/c1-9(10-3-2-4-11(16)7-10)18-12-5-6-13(15(19)20)14(17)8-12/h2-9,18H,1H3,(H,19,20). The van der Waals surface area contributed by atoms with E-state index in [-0.39, 0.29) is 17.4 Å². The molecule has 0 aliphatic rings. The van der Waals surface area contributed by atoms with E-state index < -0.39 is 11.8 Å². The van der Waals surface area contributed by atoms with Crippen molar-refractivity contribution in [2.45, 2.75) is 13.0 Å². The molecule has 0 radical (unpaired) electrons. The van der Waals surface area contributed by atoms with Crippen LogP contribution in [0.3, 0.4) is 0 Å². The maximum atomic E-state index is 13.5. The van der Waals surface area contributed by atoms with E-state index in [9.17, 15) is 13.6 Å². The summed E-state index contributed by atoms with van der Waals surface area (Å²) in [5, 5.41) is 11.7. The lowest BCUT2D eigenvalue weighted by Crippen LogP contribution is -2.08. The largest absolute Gasteiger partial charge is 0.478 e. The summed E-state index contributed by atoms with van der Waals surface area (Å²) in [7, 11) is 0. The topological polar surface area (TPSA) is 49.3 Å². The van der Waals surface area contributed by atoms with Crippen molar-refractivity contribution in [3.63, 3.8) is 0 Å². The van der Waals surface area contributed by atoms with E-state index in [0.717, 1.165) is 6.07 Å². The van der Waals surface area contributed by atoms with Crippen LogP contribution in [-0.4, -0.2) is 11.1 Å². The number of halogens is 2.